The topological polar surface area (TPSA) is 93.4 Å². The lowest BCUT2D eigenvalue weighted by Crippen LogP contribution is -2.56. The van der Waals surface area contributed by atoms with E-state index >= 15 is 0 Å². The normalized spacial score (nSPS) is 18.3. The van der Waals surface area contributed by atoms with Crippen molar-refractivity contribution in [3.05, 3.63) is 28.2 Å². The molecule has 2 rings (SSSR count). The number of carboxylic acid groups (broad SMARTS) is 1. The minimum atomic E-state index is -1.05. The van der Waals surface area contributed by atoms with E-state index in [-0.39, 0.29) is 12.3 Å². The first-order valence-electron chi connectivity index (χ1n) is 5.99. The van der Waals surface area contributed by atoms with Crippen LogP contribution in [0.1, 0.15) is 12.0 Å². The van der Waals surface area contributed by atoms with Gasteiger partial charge in [0.1, 0.15) is 12.1 Å². The second-order valence-corrected chi connectivity index (χ2v) is 5.20. The molecule has 6 nitrogen and oxygen atoms in total. The van der Waals surface area contributed by atoms with Crippen molar-refractivity contribution < 1.29 is 14.7 Å². The van der Waals surface area contributed by atoms with Gasteiger partial charge in [-0.25, -0.2) is 0 Å². The van der Waals surface area contributed by atoms with Gasteiger partial charge in [0.25, 0.3) is 0 Å². The van der Waals surface area contributed by atoms with Crippen LogP contribution in [0.4, 0.5) is 5.69 Å². The van der Waals surface area contributed by atoms with E-state index < -0.39 is 12.0 Å². The maximum Gasteiger partial charge on any atom is 0.305 e. The summed E-state index contributed by atoms with van der Waals surface area (Å²) in [5, 5.41) is 20.8. The highest BCUT2D eigenvalue weighted by atomic mass is 79.9. The Balaban J connectivity index is 2.43. The molecule has 7 heteroatoms. The lowest BCUT2D eigenvalue weighted by molar-refractivity contribution is -0.139. The molecular formula is C13H12BrN3O3. The van der Waals surface area contributed by atoms with Crippen molar-refractivity contribution in [3.63, 3.8) is 0 Å². The molecule has 0 bridgehead atoms. The van der Waals surface area contributed by atoms with Crippen LogP contribution >= 0.6 is 15.9 Å². The Morgan fingerprint density at radius 2 is 2.35 bits per heavy atom. The number of nitriles is 1. The number of aliphatic carboxylic acids is 1. The van der Waals surface area contributed by atoms with Crippen LogP contribution in [0.2, 0.25) is 0 Å². The van der Waals surface area contributed by atoms with Gasteiger partial charge in [0.15, 0.2) is 0 Å². The fourth-order valence-corrected chi connectivity index (χ4v) is 2.68. The lowest BCUT2D eigenvalue weighted by atomic mass is 10.1. The number of hydrogen-bond donors (Lipinski definition) is 2. The molecule has 1 amide bonds. The number of benzene rings is 1. The molecule has 1 saturated heterocycles. The van der Waals surface area contributed by atoms with Gasteiger partial charge in [0, 0.05) is 17.6 Å². The number of nitrogens with one attached hydrogen (secondary N) is 1. The maximum absolute atomic E-state index is 11.9. The molecule has 0 radical (unpaired) electrons. The Kier molecular flexibility index (Phi) is 4.25. The van der Waals surface area contributed by atoms with Gasteiger partial charge in [0.05, 0.1) is 17.7 Å². The molecule has 1 atom stereocenters. The summed E-state index contributed by atoms with van der Waals surface area (Å²) >= 11 is 3.29. The van der Waals surface area contributed by atoms with E-state index in [9.17, 15) is 14.9 Å². The van der Waals surface area contributed by atoms with E-state index in [1.807, 2.05) is 0 Å². The Hall–Kier alpha value is -2.07. The Labute approximate surface area is 124 Å². The third-order valence-corrected chi connectivity index (χ3v) is 3.77. The summed E-state index contributed by atoms with van der Waals surface area (Å²) in [6, 6.07) is 6.49. The summed E-state index contributed by atoms with van der Waals surface area (Å²) < 4.78 is 0.623. The summed E-state index contributed by atoms with van der Waals surface area (Å²) in [6.45, 7) is 0.890. The number of anilines is 1. The number of amides is 1. The van der Waals surface area contributed by atoms with E-state index in [4.69, 9.17) is 5.11 Å². The fourth-order valence-electron chi connectivity index (χ4n) is 2.23. The van der Waals surface area contributed by atoms with Crippen LogP contribution < -0.4 is 10.2 Å². The van der Waals surface area contributed by atoms with Crippen LogP contribution in [0, 0.1) is 11.3 Å². The Bertz CT molecular complexity index is 597. The van der Waals surface area contributed by atoms with Crippen LogP contribution in [0.15, 0.2) is 22.7 Å². The average Bonchev–Trinajstić information content (AvgIpc) is 2.40. The molecule has 1 unspecified atom stereocenters. The fraction of sp³-hybridized carbons (Fsp3) is 0.308. The number of halogens is 1. The predicted octanol–water partition coefficient (Wildman–Crippen LogP) is 1.10. The smallest absolute Gasteiger partial charge is 0.305 e. The van der Waals surface area contributed by atoms with Gasteiger partial charge in [-0.1, -0.05) is 6.07 Å². The van der Waals surface area contributed by atoms with Crippen molar-refractivity contribution >= 4 is 33.5 Å². The zero-order chi connectivity index (χ0) is 14.7. The molecular weight excluding hydrogens is 326 g/mol. The molecule has 1 fully saturated rings. The molecule has 0 aliphatic carbocycles. The molecule has 0 spiro atoms. The largest absolute Gasteiger partial charge is 0.481 e. The number of rotatable bonds is 3. The van der Waals surface area contributed by atoms with E-state index in [2.05, 4.69) is 27.3 Å². The summed E-state index contributed by atoms with van der Waals surface area (Å²) in [5.41, 5.74) is 0.973. The van der Waals surface area contributed by atoms with Crippen LogP contribution in [-0.2, 0) is 9.59 Å². The summed E-state index contributed by atoms with van der Waals surface area (Å²) in [6.07, 6.45) is -0.302. The summed E-state index contributed by atoms with van der Waals surface area (Å²) in [5.74, 6) is -1.38. The molecule has 1 aliphatic rings. The zero-order valence-corrected chi connectivity index (χ0v) is 12.1. The second kappa shape index (κ2) is 5.92. The van der Waals surface area contributed by atoms with E-state index in [0.29, 0.717) is 28.8 Å². The first-order valence-corrected chi connectivity index (χ1v) is 6.78. The first kappa shape index (κ1) is 14.3. The van der Waals surface area contributed by atoms with Crippen molar-refractivity contribution in [3.8, 4) is 6.07 Å². The monoisotopic (exact) mass is 337 g/mol. The number of carbonyl (C=O) groups is 2. The van der Waals surface area contributed by atoms with Crippen LogP contribution in [0.5, 0.6) is 0 Å². The van der Waals surface area contributed by atoms with Crippen molar-refractivity contribution in [1.82, 2.24) is 5.32 Å². The third-order valence-electron chi connectivity index (χ3n) is 3.11. The van der Waals surface area contributed by atoms with Crippen LogP contribution in [0.3, 0.4) is 0 Å². The Morgan fingerprint density at radius 1 is 1.60 bits per heavy atom. The molecule has 104 valence electrons. The van der Waals surface area contributed by atoms with Crippen LogP contribution in [0.25, 0.3) is 0 Å². The average molecular weight is 338 g/mol. The number of piperazine rings is 1. The van der Waals surface area contributed by atoms with Crippen molar-refractivity contribution in [2.75, 3.05) is 18.0 Å². The highest BCUT2D eigenvalue weighted by molar-refractivity contribution is 9.10. The molecule has 0 aromatic heterocycles. The molecule has 2 N–H and O–H groups in total. The minimum Gasteiger partial charge on any atom is -0.481 e. The molecule has 1 aliphatic heterocycles. The van der Waals surface area contributed by atoms with Gasteiger partial charge in [-0.15, -0.1) is 0 Å². The molecule has 1 heterocycles. The zero-order valence-electron chi connectivity index (χ0n) is 10.5. The highest BCUT2D eigenvalue weighted by Crippen LogP contribution is 2.29. The minimum absolute atomic E-state index is 0.302. The van der Waals surface area contributed by atoms with Crippen molar-refractivity contribution in [2.24, 2.45) is 0 Å². The highest BCUT2D eigenvalue weighted by Gasteiger charge is 2.33. The molecule has 1 aromatic carbocycles. The van der Waals surface area contributed by atoms with Gasteiger partial charge < -0.3 is 15.3 Å². The number of hydrogen-bond acceptors (Lipinski definition) is 4. The van der Waals surface area contributed by atoms with Gasteiger partial charge in [-0.05, 0) is 28.1 Å². The molecule has 0 saturated carbocycles. The SMILES string of the molecule is N#Cc1c(Br)cccc1N1CCNC(=O)C1CC(=O)O. The lowest BCUT2D eigenvalue weighted by Gasteiger charge is -2.36. The number of nitrogens with zero attached hydrogens (tertiary/aromatic N) is 2. The van der Waals surface area contributed by atoms with Gasteiger partial charge in [0.2, 0.25) is 5.91 Å². The van der Waals surface area contributed by atoms with E-state index in [0.717, 1.165) is 0 Å². The predicted molar refractivity (Wildman–Crippen MR) is 75.3 cm³/mol. The van der Waals surface area contributed by atoms with Crippen molar-refractivity contribution in [2.45, 2.75) is 12.5 Å². The van der Waals surface area contributed by atoms with Crippen molar-refractivity contribution in [1.29, 1.82) is 5.26 Å². The van der Waals surface area contributed by atoms with E-state index in [1.54, 1.807) is 23.1 Å². The molecule has 20 heavy (non-hydrogen) atoms. The number of carbonyl (C=O) groups excluding carboxylic acids is 1. The third kappa shape index (κ3) is 2.75. The number of carboxylic acids is 1. The summed E-state index contributed by atoms with van der Waals surface area (Å²) in [7, 11) is 0. The Morgan fingerprint density at radius 3 is 3.00 bits per heavy atom. The standard InChI is InChI=1S/C13H12BrN3O3/c14-9-2-1-3-10(8(9)7-15)17-5-4-16-13(20)11(17)6-12(18)19/h1-3,11H,4-6H2,(H,16,20)(H,18,19). The first-order chi connectivity index (χ1) is 9.54. The quantitative estimate of drug-likeness (QED) is 0.861. The maximum atomic E-state index is 11.9. The van der Waals surface area contributed by atoms with Gasteiger partial charge in [-0.2, -0.15) is 5.26 Å². The molecule has 1 aromatic rings. The summed E-state index contributed by atoms with van der Waals surface area (Å²) in [4.78, 5) is 24.5. The van der Waals surface area contributed by atoms with Crippen LogP contribution in [-0.4, -0.2) is 36.1 Å². The van der Waals surface area contributed by atoms with E-state index in [1.165, 1.54) is 0 Å². The van der Waals surface area contributed by atoms with Gasteiger partial charge in [-0.3, -0.25) is 9.59 Å². The second-order valence-electron chi connectivity index (χ2n) is 4.34. The van der Waals surface area contributed by atoms with Gasteiger partial charge >= 0.3 is 5.97 Å².